The zero-order valence-electron chi connectivity index (χ0n) is 15.4. The van der Waals surface area contributed by atoms with Crippen molar-refractivity contribution >= 4 is 32.9 Å². The van der Waals surface area contributed by atoms with E-state index in [1.54, 1.807) is 26.1 Å². The molecule has 9 heteroatoms. The molecule has 8 nitrogen and oxygen atoms in total. The molecule has 0 radical (unpaired) electrons. The molecule has 0 aliphatic rings. The van der Waals surface area contributed by atoms with Crippen molar-refractivity contribution in [3.63, 3.8) is 0 Å². The van der Waals surface area contributed by atoms with Gasteiger partial charge in [0.05, 0.1) is 28.5 Å². The Balaban J connectivity index is 1.80. The van der Waals surface area contributed by atoms with Gasteiger partial charge in [0.2, 0.25) is 11.5 Å². The third kappa shape index (κ3) is 3.13. The minimum Gasteiger partial charge on any atom is -0.493 e. The molecule has 0 aliphatic carbocycles. The topological polar surface area (TPSA) is 101 Å². The minimum atomic E-state index is -0.406. The lowest BCUT2D eigenvalue weighted by Crippen LogP contribution is -2.18. The van der Waals surface area contributed by atoms with Crippen LogP contribution in [0.1, 0.15) is 16.1 Å². The van der Waals surface area contributed by atoms with Crippen molar-refractivity contribution in [2.24, 2.45) is 19.1 Å². The van der Waals surface area contributed by atoms with E-state index in [-0.39, 0.29) is 5.88 Å². The van der Waals surface area contributed by atoms with E-state index in [2.05, 4.69) is 36.0 Å². The van der Waals surface area contributed by atoms with E-state index in [1.807, 2.05) is 29.8 Å². The fraction of sp³-hybridized carbons (Fsp3) is 0.158. The molecule has 0 bridgehead atoms. The highest BCUT2D eigenvalue weighted by Gasteiger charge is 2.15. The maximum atomic E-state index is 12.8. The smallest absolute Gasteiger partial charge is 0.280 e. The Morgan fingerprint density at radius 3 is 2.75 bits per heavy atom. The van der Waals surface area contributed by atoms with Crippen LogP contribution in [0.4, 0.5) is 0 Å². The van der Waals surface area contributed by atoms with Crippen LogP contribution in [0.5, 0.6) is 5.88 Å². The van der Waals surface area contributed by atoms with E-state index in [4.69, 9.17) is 0 Å². The van der Waals surface area contributed by atoms with E-state index in [0.717, 1.165) is 15.5 Å². The fourth-order valence-electron chi connectivity index (χ4n) is 3.01. The number of carbonyl (C=O) groups excluding carboxylic acids is 1. The second-order valence-electron chi connectivity index (χ2n) is 6.47. The molecule has 1 amide bonds. The summed E-state index contributed by atoms with van der Waals surface area (Å²) in [5.41, 5.74) is 4.19. The lowest BCUT2D eigenvalue weighted by molar-refractivity contribution is 0.0996. The Hall–Kier alpha value is -3.20. The quantitative estimate of drug-likeness (QED) is 0.500. The number of aromatic nitrogens is 5. The van der Waals surface area contributed by atoms with Crippen LogP contribution in [0.15, 0.2) is 46.0 Å². The van der Waals surface area contributed by atoms with Gasteiger partial charge in [-0.05, 0) is 37.3 Å². The Labute approximate surface area is 168 Å². The van der Waals surface area contributed by atoms with Crippen molar-refractivity contribution in [2.75, 3.05) is 0 Å². The first-order valence-electron chi connectivity index (χ1n) is 8.47. The molecule has 142 valence electrons. The van der Waals surface area contributed by atoms with E-state index >= 15 is 0 Å². The van der Waals surface area contributed by atoms with E-state index < -0.39 is 5.91 Å². The molecular formula is C19H17BrN6O2. The van der Waals surface area contributed by atoms with Gasteiger partial charge in [-0.1, -0.05) is 15.9 Å². The van der Waals surface area contributed by atoms with Gasteiger partial charge in [-0.25, -0.2) is 4.68 Å². The number of nitrogens with one attached hydrogen (secondary N) is 1. The average Bonchev–Trinajstić information content (AvgIpc) is 3.15. The Morgan fingerprint density at radius 2 is 2.04 bits per heavy atom. The van der Waals surface area contributed by atoms with Crippen LogP contribution in [0, 0.1) is 6.92 Å². The summed E-state index contributed by atoms with van der Waals surface area (Å²) in [4.78, 5) is 24.6. The molecule has 0 saturated heterocycles. The number of pyridine rings is 1. The predicted molar refractivity (Wildman–Crippen MR) is 108 cm³/mol. The molecule has 0 aliphatic heterocycles. The third-order valence-corrected chi connectivity index (χ3v) is 4.97. The number of aryl methyl sites for hydroxylation is 3. The van der Waals surface area contributed by atoms with Crippen LogP contribution in [0.25, 0.3) is 22.3 Å². The van der Waals surface area contributed by atoms with Crippen molar-refractivity contribution in [1.29, 1.82) is 0 Å². The number of nitrogens with zero attached hydrogens (tertiary/aromatic N) is 5. The average molecular weight is 441 g/mol. The van der Waals surface area contributed by atoms with Gasteiger partial charge in [0, 0.05) is 29.8 Å². The highest BCUT2D eigenvalue weighted by Crippen LogP contribution is 2.27. The number of imidazole rings is 1. The maximum absolute atomic E-state index is 12.8. The molecule has 0 spiro atoms. The van der Waals surface area contributed by atoms with Crippen LogP contribution in [-0.2, 0) is 14.1 Å². The third-order valence-electron chi connectivity index (χ3n) is 4.48. The van der Waals surface area contributed by atoms with Crippen LogP contribution in [0.2, 0.25) is 0 Å². The normalized spacial score (nSPS) is 12.1. The largest absolute Gasteiger partial charge is 0.493 e. The van der Waals surface area contributed by atoms with Crippen molar-refractivity contribution in [2.45, 2.75) is 6.92 Å². The Bertz CT molecular complexity index is 1300. The second-order valence-corrected chi connectivity index (χ2v) is 7.39. The summed E-state index contributed by atoms with van der Waals surface area (Å²) in [6.45, 7) is 1.79. The molecule has 2 N–H and O–H groups in total. The SMILES string of the molecule is Cc1cc(C(=O)/N=c2\[nH]c3ccc(Br)cc3n2C)cc(-c2cnn(C)c2O)n1. The van der Waals surface area contributed by atoms with Gasteiger partial charge >= 0.3 is 0 Å². The van der Waals surface area contributed by atoms with Crippen LogP contribution in [0.3, 0.4) is 0 Å². The van der Waals surface area contributed by atoms with Crippen LogP contribution in [-0.4, -0.2) is 35.3 Å². The molecule has 3 aromatic heterocycles. The van der Waals surface area contributed by atoms with Crippen LogP contribution < -0.4 is 5.62 Å². The lowest BCUT2D eigenvalue weighted by Gasteiger charge is -2.04. The molecule has 0 saturated carbocycles. The lowest BCUT2D eigenvalue weighted by atomic mass is 10.1. The summed E-state index contributed by atoms with van der Waals surface area (Å²) in [5, 5.41) is 14.1. The molecule has 1 aromatic carbocycles. The van der Waals surface area contributed by atoms with Crippen molar-refractivity contribution in [3.8, 4) is 17.1 Å². The van der Waals surface area contributed by atoms with Gasteiger partial charge in [-0.15, -0.1) is 0 Å². The summed E-state index contributed by atoms with van der Waals surface area (Å²) < 4.78 is 4.10. The maximum Gasteiger partial charge on any atom is 0.280 e. The molecule has 4 rings (SSSR count). The number of halogens is 1. The second kappa shape index (κ2) is 6.75. The van der Waals surface area contributed by atoms with E-state index in [0.29, 0.717) is 28.1 Å². The van der Waals surface area contributed by atoms with Gasteiger partial charge in [-0.3, -0.25) is 9.78 Å². The number of hydrogen-bond acceptors (Lipinski definition) is 4. The molecule has 0 fully saturated rings. The van der Waals surface area contributed by atoms with Crippen LogP contribution >= 0.6 is 15.9 Å². The zero-order valence-corrected chi connectivity index (χ0v) is 17.0. The molecule has 28 heavy (non-hydrogen) atoms. The van der Waals surface area contributed by atoms with Crippen molar-refractivity contribution in [1.82, 2.24) is 24.3 Å². The standard InChI is InChI=1S/C19H17BrN6O2/c1-10-6-11(7-15(22-10)13-9-21-26(3)18(13)28)17(27)24-19-23-14-5-4-12(20)8-16(14)25(19)2/h4-9,28H,1-3H3,(H,23,24,27). The highest BCUT2D eigenvalue weighted by atomic mass is 79.9. The zero-order chi connectivity index (χ0) is 20.0. The summed E-state index contributed by atoms with van der Waals surface area (Å²) >= 11 is 3.45. The van der Waals surface area contributed by atoms with E-state index in [9.17, 15) is 9.90 Å². The number of carbonyl (C=O) groups is 1. The number of aromatic hydroxyl groups is 1. The Morgan fingerprint density at radius 1 is 1.25 bits per heavy atom. The van der Waals surface area contributed by atoms with Crippen molar-refractivity contribution < 1.29 is 9.90 Å². The molecule has 3 heterocycles. The molecule has 4 aromatic rings. The summed E-state index contributed by atoms with van der Waals surface area (Å²) in [6, 6.07) is 9.07. The first-order valence-corrected chi connectivity index (χ1v) is 9.26. The monoisotopic (exact) mass is 440 g/mol. The number of fused-ring (bicyclic) bond motifs is 1. The van der Waals surface area contributed by atoms with Gasteiger partial charge < -0.3 is 14.7 Å². The number of amides is 1. The summed E-state index contributed by atoms with van der Waals surface area (Å²) in [6.07, 6.45) is 1.51. The predicted octanol–water partition coefficient (Wildman–Crippen LogP) is 2.82. The van der Waals surface area contributed by atoms with Gasteiger partial charge in [-0.2, -0.15) is 10.1 Å². The number of H-pyrrole nitrogens is 1. The first kappa shape index (κ1) is 18.2. The summed E-state index contributed by atoms with van der Waals surface area (Å²) in [7, 11) is 3.47. The number of benzene rings is 1. The minimum absolute atomic E-state index is 0.0129. The number of rotatable bonds is 2. The van der Waals surface area contributed by atoms with Gasteiger partial charge in [0.15, 0.2) is 0 Å². The van der Waals surface area contributed by atoms with Gasteiger partial charge in [0.1, 0.15) is 0 Å². The molecule has 0 atom stereocenters. The first-order chi connectivity index (χ1) is 13.3. The Kier molecular flexibility index (Phi) is 4.38. The molecular weight excluding hydrogens is 424 g/mol. The molecule has 0 unspecified atom stereocenters. The highest BCUT2D eigenvalue weighted by molar-refractivity contribution is 9.10. The fourth-order valence-corrected chi connectivity index (χ4v) is 3.36. The number of aromatic amines is 1. The summed E-state index contributed by atoms with van der Waals surface area (Å²) in [5.74, 6) is -0.419. The van der Waals surface area contributed by atoms with Gasteiger partial charge in [0.25, 0.3) is 5.91 Å². The number of hydrogen-bond donors (Lipinski definition) is 2. The van der Waals surface area contributed by atoms with E-state index in [1.165, 1.54) is 10.9 Å². The van der Waals surface area contributed by atoms with Crippen molar-refractivity contribution in [3.05, 3.63) is 57.9 Å².